The van der Waals surface area contributed by atoms with Crippen LogP contribution < -0.4 is 5.73 Å². The summed E-state index contributed by atoms with van der Waals surface area (Å²) in [5.74, 6) is 0. The summed E-state index contributed by atoms with van der Waals surface area (Å²) < 4.78 is 30.3. The third kappa shape index (κ3) is 3.45. The van der Waals surface area contributed by atoms with Crippen LogP contribution in [-0.4, -0.2) is 24.8 Å². The molecule has 0 fully saturated rings. The molecule has 0 spiro atoms. The molecule has 2 N–H and O–H groups in total. The smallest absolute Gasteiger partial charge is 0.0973 e. The lowest BCUT2D eigenvalue weighted by molar-refractivity contribution is 0.448. The lowest BCUT2D eigenvalue weighted by atomic mass is 10.3. The molecule has 56 valence electrons. The lowest BCUT2D eigenvalue weighted by Gasteiger charge is -2.13. The predicted molar refractivity (Wildman–Crippen MR) is 32.8 cm³/mol. The molecule has 0 aromatic heterocycles. The third-order valence-electron chi connectivity index (χ3n) is 1.07. The van der Waals surface area contributed by atoms with Crippen LogP contribution in [0.4, 0.5) is 0 Å². The van der Waals surface area contributed by atoms with Crippen LogP contribution in [0.3, 0.4) is 0 Å². The molecule has 0 saturated heterocycles. The normalized spacial score (nSPS) is 15.4. The maximum absolute atomic E-state index is 10.1. The van der Waals surface area contributed by atoms with Gasteiger partial charge in [-0.3, -0.25) is 0 Å². The van der Waals surface area contributed by atoms with Gasteiger partial charge in [-0.25, -0.2) is 8.42 Å². The van der Waals surface area contributed by atoms with Crippen LogP contribution >= 0.6 is 0 Å². The zero-order valence-electron chi connectivity index (χ0n) is 5.20. The van der Waals surface area contributed by atoms with E-state index < -0.39 is 15.4 Å². The van der Waals surface area contributed by atoms with Gasteiger partial charge in [-0.05, 0) is 19.9 Å². The van der Waals surface area contributed by atoms with Crippen LogP contribution in [-0.2, 0) is 10.1 Å². The van der Waals surface area contributed by atoms with Gasteiger partial charge in [0.2, 0.25) is 0 Å². The van der Waals surface area contributed by atoms with Gasteiger partial charge in [0.05, 0.1) is 10.1 Å². The van der Waals surface area contributed by atoms with Gasteiger partial charge in [-0.1, -0.05) is 0 Å². The van der Waals surface area contributed by atoms with E-state index in [0.717, 1.165) is 0 Å². The fraction of sp³-hybridized carbons (Fsp3) is 1.00. The van der Waals surface area contributed by atoms with Gasteiger partial charge in [0.15, 0.2) is 0 Å². The Kier molecular flexibility index (Phi) is 3.10. The first-order chi connectivity index (χ1) is 3.98. The van der Waals surface area contributed by atoms with Crippen molar-refractivity contribution in [2.24, 2.45) is 5.73 Å². The summed E-state index contributed by atoms with van der Waals surface area (Å²) in [7, 11) is -4.09. The van der Waals surface area contributed by atoms with Crippen LogP contribution in [0.25, 0.3) is 0 Å². The maximum atomic E-state index is 10.1. The summed E-state index contributed by atoms with van der Waals surface area (Å²) >= 11 is 0. The molecule has 0 rings (SSSR count). The van der Waals surface area contributed by atoms with Gasteiger partial charge < -0.3 is 10.3 Å². The summed E-state index contributed by atoms with van der Waals surface area (Å²) in [6.07, 6.45) is 0.242. The van der Waals surface area contributed by atoms with Crippen LogP contribution in [0.2, 0.25) is 0 Å². The van der Waals surface area contributed by atoms with Crippen molar-refractivity contribution in [2.75, 3.05) is 6.54 Å². The molecule has 0 radical (unpaired) electrons. The second-order valence-electron chi connectivity index (χ2n) is 1.88. The Hall–Kier alpha value is -0.130. The molecule has 1 unspecified atom stereocenters. The van der Waals surface area contributed by atoms with E-state index in [-0.39, 0.29) is 13.0 Å². The Morgan fingerprint density at radius 2 is 2.11 bits per heavy atom. The molecular weight excluding hydrogens is 142 g/mol. The molecule has 0 bridgehead atoms. The number of rotatable bonds is 3. The zero-order chi connectivity index (χ0) is 7.49. The molecule has 0 aromatic carbocycles. The second kappa shape index (κ2) is 3.14. The predicted octanol–water partition coefficient (Wildman–Crippen LogP) is -0.731. The SMILES string of the molecule is CC(CCN)S(=O)(=O)[O-]. The van der Waals surface area contributed by atoms with Crippen molar-refractivity contribution in [3.05, 3.63) is 0 Å². The van der Waals surface area contributed by atoms with E-state index in [9.17, 15) is 13.0 Å². The zero-order valence-corrected chi connectivity index (χ0v) is 6.02. The van der Waals surface area contributed by atoms with Crippen LogP contribution in [0.15, 0.2) is 0 Å². The number of nitrogens with two attached hydrogens (primary N) is 1. The summed E-state index contributed by atoms with van der Waals surface area (Å²) in [5, 5.41) is -0.845. The first kappa shape index (κ1) is 8.87. The van der Waals surface area contributed by atoms with E-state index in [0.29, 0.717) is 0 Å². The van der Waals surface area contributed by atoms with Crippen molar-refractivity contribution in [2.45, 2.75) is 18.6 Å². The largest absolute Gasteiger partial charge is 0.748 e. The standard InChI is InChI=1S/C4H11NO3S/c1-4(2-3-5)9(6,7)8/h4H,2-3,5H2,1H3,(H,6,7,8)/p-1. The van der Waals surface area contributed by atoms with Crippen LogP contribution in [0.5, 0.6) is 0 Å². The molecule has 0 amide bonds. The summed E-state index contributed by atoms with van der Waals surface area (Å²) in [6, 6.07) is 0. The molecular formula is C4H10NO3S-. The highest BCUT2D eigenvalue weighted by Gasteiger charge is 2.06. The molecule has 4 nitrogen and oxygen atoms in total. The molecule has 1 atom stereocenters. The molecule has 0 saturated carbocycles. The highest BCUT2D eigenvalue weighted by Crippen LogP contribution is 1.99. The summed E-state index contributed by atoms with van der Waals surface area (Å²) in [5.41, 5.74) is 5.02. The van der Waals surface area contributed by atoms with Gasteiger partial charge in [0, 0.05) is 5.25 Å². The monoisotopic (exact) mass is 152 g/mol. The average Bonchev–Trinajstić information content (AvgIpc) is 1.64. The molecule has 9 heavy (non-hydrogen) atoms. The van der Waals surface area contributed by atoms with Crippen molar-refractivity contribution >= 4 is 10.1 Å². The first-order valence-corrected chi connectivity index (χ1v) is 4.10. The van der Waals surface area contributed by atoms with Crippen molar-refractivity contribution in [1.82, 2.24) is 0 Å². The van der Waals surface area contributed by atoms with Crippen molar-refractivity contribution in [1.29, 1.82) is 0 Å². The number of hydrogen-bond donors (Lipinski definition) is 1. The minimum absolute atomic E-state index is 0.239. The second-order valence-corrected chi connectivity index (χ2v) is 3.67. The summed E-state index contributed by atoms with van der Waals surface area (Å²) in [6.45, 7) is 1.60. The van der Waals surface area contributed by atoms with E-state index in [1.54, 1.807) is 0 Å². The highest BCUT2D eigenvalue weighted by atomic mass is 32.2. The van der Waals surface area contributed by atoms with E-state index in [4.69, 9.17) is 5.73 Å². The molecule has 0 heterocycles. The van der Waals surface area contributed by atoms with Crippen molar-refractivity contribution < 1.29 is 13.0 Å². The molecule has 0 aliphatic rings. The average molecular weight is 152 g/mol. The highest BCUT2D eigenvalue weighted by molar-refractivity contribution is 7.86. The Balaban J connectivity index is 3.90. The fourth-order valence-electron chi connectivity index (χ4n) is 0.379. The van der Waals surface area contributed by atoms with Gasteiger partial charge in [0.25, 0.3) is 0 Å². The summed E-state index contributed by atoms with van der Waals surface area (Å²) in [4.78, 5) is 0. The Morgan fingerprint density at radius 1 is 1.67 bits per heavy atom. The third-order valence-corrected chi connectivity index (χ3v) is 2.29. The molecule has 0 aliphatic heterocycles. The van der Waals surface area contributed by atoms with Crippen molar-refractivity contribution in [3.8, 4) is 0 Å². The molecule has 5 heteroatoms. The van der Waals surface area contributed by atoms with E-state index in [2.05, 4.69) is 0 Å². The minimum Gasteiger partial charge on any atom is -0.748 e. The molecule has 0 aliphatic carbocycles. The topological polar surface area (TPSA) is 83.2 Å². The van der Waals surface area contributed by atoms with Crippen molar-refractivity contribution in [3.63, 3.8) is 0 Å². The van der Waals surface area contributed by atoms with Gasteiger partial charge in [-0.15, -0.1) is 0 Å². The van der Waals surface area contributed by atoms with E-state index >= 15 is 0 Å². The van der Waals surface area contributed by atoms with E-state index in [1.807, 2.05) is 0 Å². The Bertz CT molecular complexity index is 163. The van der Waals surface area contributed by atoms with Gasteiger partial charge >= 0.3 is 0 Å². The minimum atomic E-state index is -4.09. The Labute approximate surface area is 54.8 Å². The van der Waals surface area contributed by atoms with Crippen LogP contribution in [0.1, 0.15) is 13.3 Å². The molecule has 0 aromatic rings. The van der Waals surface area contributed by atoms with E-state index in [1.165, 1.54) is 6.92 Å². The maximum Gasteiger partial charge on any atom is 0.0973 e. The lowest BCUT2D eigenvalue weighted by Crippen LogP contribution is -2.20. The fourth-order valence-corrected chi connectivity index (χ4v) is 0.804. The van der Waals surface area contributed by atoms with Crippen LogP contribution in [0, 0.1) is 0 Å². The van der Waals surface area contributed by atoms with Gasteiger partial charge in [-0.2, -0.15) is 0 Å². The number of hydrogen-bond acceptors (Lipinski definition) is 4. The Morgan fingerprint density at radius 3 is 2.22 bits per heavy atom. The quantitative estimate of drug-likeness (QED) is 0.540. The first-order valence-electron chi connectivity index (χ1n) is 2.63. The van der Waals surface area contributed by atoms with Gasteiger partial charge in [0.1, 0.15) is 0 Å².